The molecule has 0 aliphatic rings. The van der Waals surface area contributed by atoms with Crippen LogP contribution < -0.4 is 9.47 Å². The van der Waals surface area contributed by atoms with E-state index in [1.54, 1.807) is 14.2 Å². The lowest BCUT2D eigenvalue weighted by Crippen LogP contribution is -1.92. The number of rotatable bonds is 3. The second-order valence-electron chi connectivity index (χ2n) is 4.33. The molecule has 1 aromatic carbocycles. The Balaban J connectivity index is 2.24. The molecule has 3 rings (SSSR count). The highest BCUT2D eigenvalue weighted by Gasteiger charge is 2.18. The fourth-order valence-electron chi connectivity index (χ4n) is 2.08. The van der Waals surface area contributed by atoms with Gasteiger partial charge in [0.15, 0.2) is 0 Å². The van der Waals surface area contributed by atoms with Gasteiger partial charge in [-0.2, -0.15) is 0 Å². The first-order valence-corrected chi connectivity index (χ1v) is 6.18. The zero-order chi connectivity index (χ0) is 14.1. The van der Waals surface area contributed by atoms with Crippen LogP contribution in [-0.2, 0) is 0 Å². The van der Waals surface area contributed by atoms with Crippen LogP contribution in [-0.4, -0.2) is 24.2 Å². The van der Waals surface area contributed by atoms with Crippen LogP contribution in [0, 0.1) is 6.92 Å². The number of fused-ring (bicyclic) bond motifs is 1. The van der Waals surface area contributed by atoms with E-state index in [9.17, 15) is 0 Å². The number of ether oxygens (including phenoxy) is 2. The number of methoxy groups -OCH3 is 2. The number of aromatic nitrogens is 2. The van der Waals surface area contributed by atoms with Gasteiger partial charge in [-0.05, 0) is 31.2 Å². The van der Waals surface area contributed by atoms with E-state index in [1.807, 2.05) is 37.3 Å². The third-order valence-electron chi connectivity index (χ3n) is 3.04. The molecule has 0 saturated carbocycles. The van der Waals surface area contributed by atoms with Gasteiger partial charge in [0, 0.05) is 5.69 Å². The zero-order valence-electron chi connectivity index (χ0n) is 11.5. The standard InChI is InChI=1S/C15H14N2O3/c1-9-7-8-10-14(16-9)20-15(17-10)13-11(18-2)5-4-6-12(13)19-3/h4-8H,1-3H3. The van der Waals surface area contributed by atoms with Crippen LogP contribution in [0.2, 0.25) is 0 Å². The van der Waals surface area contributed by atoms with Gasteiger partial charge in [0.25, 0.3) is 0 Å². The van der Waals surface area contributed by atoms with Crippen LogP contribution in [0.3, 0.4) is 0 Å². The summed E-state index contributed by atoms with van der Waals surface area (Å²) in [6.45, 7) is 1.91. The van der Waals surface area contributed by atoms with Gasteiger partial charge >= 0.3 is 0 Å². The van der Waals surface area contributed by atoms with Gasteiger partial charge in [-0.1, -0.05) is 6.07 Å². The quantitative estimate of drug-likeness (QED) is 0.731. The molecule has 5 nitrogen and oxygen atoms in total. The second kappa shape index (κ2) is 4.85. The third kappa shape index (κ3) is 1.97. The minimum absolute atomic E-state index is 0.437. The van der Waals surface area contributed by atoms with Crippen molar-refractivity contribution in [2.45, 2.75) is 6.92 Å². The van der Waals surface area contributed by atoms with Crippen LogP contribution in [0.4, 0.5) is 0 Å². The molecule has 0 aliphatic heterocycles. The van der Waals surface area contributed by atoms with Gasteiger partial charge in [-0.25, -0.2) is 9.97 Å². The smallest absolute Gasteiger partial charge is 0.247 e. The molecule has 0 aliphatic carbocycles. The number of oxazole rings is 1. The van der Waals surface area contributed by atoms with Crippen LogP contribution in [0.5, 0.6) is 11.5 Å². The number of hydrogen-bond donors (Lipinski definition) is 0. The predicted octanol–water partition coefficient (Wildman–Crippen LogP) is 3.22. The number of benzene rings is 1. The molecule has 0 N–H and O–H groups in total. The van der Waals surface area contributed by atoms with E-state index in [0.717, 1.165) is 5.69 Å². The van der Waals surface area contributed by atoms with Gasteiger partial charge in [0.2, 0.25) is 11.6 Å². The molecule has 0 radical (unpaired) electrons. The number of aryl methyl sites for hydroxylation is 1. The molecule has 2 heterocycles. The summed E-state index contributed by atoms with van der Waals surface area (Å²) in [7, 11) is 3.20. The predicted molar refractivity (Wildman–Crippen MR) is 75.1 cm³/mol. The average molecular weight is 270 g/mol. The molecule has 3 aromatic rings. The maximum Gasteiger partial charge on any atom is 0.247 e. The summed E-state index contributed by atoms with van der Waals surface area (Å²) in [4.78, 5) is 8.77. The van der Waals surface area contributed by atoms with Crippen molar-refractivity contribution >= 4 is 11.2 Å². The Morgan fingerprint density at radius 3 is 2.30 bits per heavy atom. The molecule has 0 unspecified atom stereocenters. The Hall–Kier alpha value is -2.56. The lowest BCUT2D eigenvalue weighted by Gasteiger charge is -2.09. The molecule has 2 aromatic heterocycles. The van der Waals surface area contributed by atoms with Crippen LogP contribution in [0.15, 0.2) is 34.7 Å². The minimum Gasteiger partial charge on any atom is -0.496 e. The lowest BCUT2D eigenvalue weighted by atomic mass is 10.1. The van der Waals surface area contributed by atoms with Crippen LogP contribution in [0.1, 0.15) is 5.69 Å². The first kappa shape index (κ1) is 12.5. The highest BCUT2D eigenvalue weighted by Crippen LogP contribution is 2.38. The van der Waals surface area contributed by atoms with E-state index >= 15 is 0 Å². The molecule has 0 amide bonds. The molecule has 0 spiro atoms. The first-order valence-electron chi connectivity index (χ1n) is 6.18. The van der Waals surface area contributed by atoms with Gasteiger partial charge in [0.05, 0.1) is 14.2 Å². The maximum atomic E-state index is 5.74. The van der Waals surface area contributed by atoms with E-state index in [2.05, 4.69) is 9.97 Å². The van der Waals surface area contributed by atoms with E-state index in [0.29, 0.717) is 34.2 Å². The molecular weight excluding hydrogens is 256 g/mol. The lowest BCUT2D eigenvalue weighted by molar-refractivity contribution is 0.394. The molecule has 5 heteroatoms. The van der Waals surface area contributed by atoms with Crippen molar-refractivity contribution in [1.82, 2.24) is 9.97 Å². The Bertz CT molecular complexity index is 743. The van der Waals surface area contributed by atoms with Crippen molar-refractivity contribution in [3.05, 3.63) is 36.0 Å². The van der Waals surface area contributed by atoms with Crippen molar-refractivity contribution in [2.24, 2.45) is 0 Å². The van der Waals surface area contributed by atoms with Crippen molar-refractivity contribution in [1.29, 1.82) is 0 Å². The van der Waals surface area contributed by atoms with Crippen LogP contribution >= 0.6 is 0 Å². The summed E-state index contributed by atoms with van der Waals surface area (Å²) in [5, 5.41) is 0. The van der Waals surface area contributed by atoms with Crippen molar-refractivity contribution in [3.8, 4) is 23.0 Å². The summed E-state index contributed by atoms with van der Waals surface area (Å²) in [6.07, 6.45) is 0. The number of nitrogens with zero attached hydrogens (tertiary/aromatic N) is 2. The molecule has 20 heavy (non-hydrogen) atoms. The Morgan fingerprint density at radius 2 is 1.65 bits per heavy atom. The van der Waals surface area contributed by atoms with Crippen molar-refractivity contribution in [3.63, 3.8) is 0 Å². The van der Waals surface area contributed by atoms with Gasteiger partial charge in [-0.15, -0.1) is 0 Å². The molecule has 102 valence electrons. The zero-order valence-corrected chi connectivity index (χ0v) is 11.5. The molecular formula is C15H14N2O3. The maximum absolute atomic E-state index is 5.74. The van der Waals surface area contributed by atoms with E-state index in [4.69, 9.17) is 13.9 Å². The average Bonchev–Trinajstić information content (AvgIpc) is 2.88. The summed E-state index contributed by atoms with van der Waals surface area (Å²) in [5.74, 6) is 1.73. The first-order chi connectivity index (χ1) is 9.72. The monoisotopic (exact) mass is 270 g/mol. The van der Waals surface area contributed by atoms with E-state index in [1.165, 1.54) is 0 Å². The summed E-state index contributed by atoms with van der Waals surface area (Å²) >= 11 is 0. The fraction of sp³-hybridized carbons (Fsp3) is 0.200. The molecule has 0 atom stereocenters. The second-order valence-corrected chi connectivity index (χ2v) is 4.33. The Labute approximate surface area is 116 Å². The minimum atomic E-state index is 0.437. The number of hydrogen-bond acceptors (Lipinski definition) is 5. The topological polar surface area (TPSA) is 57.4 Å². The van der Waals surface area contributed by atoms with E-state index < -0.39 is 0 Å². The summed E-state index contributed by atoms with van der Waals surface area (Å²) < 4.78 is 16.5. The van der Waals surface area contributed by atoms with Gasteiger partial charge in [0.1, 0.15) is 22.6 Å². The van der Waals surface area contributed by atoms with E-state index in [-0.39, 0.29) is 0 Å². The molecule has 0 saturated heterocycles. The molecule has 0 fully saturated rings. The van der Waals surface area contributed by atoms with Crippen molar-refractivity contribution in [2.75, 3.05) is 14.2 Å². The SMILES string of the molecule is COc1cccc(OC)c1-c1nc2ccc(C)nc2o1. The summed E-state index contributed by atoms with van der Waals surface area (Å²) in [5.41, 5.74) is 2.78. The summed E-state index contributed by atoms with van der Waals surface area (Å²) in [6, 6.07) is 9.31. The fourth-order valence-corrected chi connectivity index (χ4v) is 2.08. The number of pyridine rings is 1. The third-order valence-corrected chi connectivity index (χ3v) is 3.04. The normalized spacial score (nSPS) is 10.8. The van der Waals surface area contributed by atoms with Gasteiger partial charge in [-0.3, -0.25) is 0 Å². The Morgan fingerprint density at radius 1 is 0.950 bits per heavy atom. The molecule has 0 bridgehead atoms. The Kier molecular flexibility index (Phi) is 3.02. The van der Waals surface area contributed by atoms with Crippen molar-refractivity contribution < 1.29 is 13.9 Å². The highest BCUT2D eigenvalue weighted by molar-refractivity contribution is 5.77. The van der Waals surface area contributed by atoms with Gasteiger partial charge < -0.3 is 13.9 Å². The van der Waals surface area contributed by atoms with Crippen LogP contribution in [0.25, 0.3) is 22.7 Å². The largest absolute Gasteiger partial charge is 0.496 e. The highest BCUT2D eigenvalue weighted by atomic mass is 16.5.